The van der Waals surface area contributed by atoms with Crippen molar-refractivity contribution in [2.24, 2.45) is 0 Å². The number of rotatable bonds is 3. The molecule has 5 nitrogen and oxygen atoms in total. The first kappa shape index (κ1) is 12.8. The quantitative estimate of drug-likeness (QED) is 0.737. The summed E-state index contributed by atoms with van der Waals surface area (Å²) in [6.07, 6.45) is 3.62. The Morgan fingerprint density at radius 3 is 2.94 bits per heavy atom. The summed E-state index contributed by atoms with van der Waals surface area (Å²) in [6, 6.07) is 0.270. The number of aliphatic hydroxyl groups is 1. The van der Waals surface area contributed by atoms with Crippen LogP contribution in [0.5, 0.6) is 0 Å². The number of carbonyl (C=O) groups excluding carboxylic acids is 1. The summed E-state index contributed by atoms with van der Waals surface area (Å²) in [6.45, 7) is 2.44. The Labute approximate surface area is 102 Å². The first-order valence-electron chi connectivity index (χ1n) is 6.40. The maximum absolute atomic E-state index is 11.8. The molecule has 5 heteroatoms. The smallest absolute Gasteiger partial charge is 0.249 e. The van der Waals surface area contributed by atoms with Gasteiger partial charge in [-0.3, -0.25) is 4.79 Å². The van der Waals surface area contributed by atoms with E-state index >= 15 is 0 Å². The number of hydrogen-bond acceptors (Lipinski definition) is 4. The van der Waals surface area contributed by atoms with Gasteiger partial charge in [0.15, 0.2) is 0 Å². The fourth-order valence-corrected chi connectivity index (χ4v) is 2.66. The van der Waals surface area contributed by atoms with Crippen molar-refractivity contribution in [2.75, 3.05) is 40.0 Å². The molecule has 0 aromatic carbocycles. The molecule has 2 saturated heterocycles. The minimum absolute atomic E-state index is 0.00859. The van der Waals surface area contributed by atoms with Crippen molar-refractivity contribution in [3.8, 4) is 0 Å². The average molecular weight is 242 g/mol. The average Bonchev–Trinajstić information content (AvgIpc) is 2.34. The Morgan fingerprint density at radius 2 is 2.24 bits per heavy atom. The number of likely N-dealkylation sites (tertiary alicyclic amines) is 1. The second-order valence-corrected chi connectivity index (χ2v) is 5.03. The van der Waals surface area contributed by atoms with Gasteiger partial charge in [0, 0.05) is 12.6 Å². The molecule has 2 atom stereocenters. The molecule has 2 aliphatic rings. The van der Waals surface area contributed by atoms with E-state index in [0.717, 1.165) is 19.5 Å². The number of likely N-dealkylation sites (N-methyl/N-ethyl adjacent to an activating group) is 1. The Bertz CT molecular complexity index is 272. The predicted molar refractivity (Wildman–Crippen MR) is 63.7 cm³/mol. The lowest BCUT2D eigenvalue weighted by molar-refractivity contribution is -0.151. The number of nitrogens with zero attached hydrogens (tertiary/aromatic N) is 2. The Balaban J connectivity index is 1.96. The molecule has 2 aliphatic heterocycles. The molecule has 98 valence electrons. The summed E-state index contributed by atoms with van der Waals surface area (Å²) in [5.74, 6) is 0.00859. The highest BCUT2D eigenvalue weighted by atomic mass is 16.5. The van der Waals surface area contributed by atoms with Crippen molar-refractivity contribution in [2.45, 2.75) is 31.3 Å². The van der Waals surface area contributed by atoms with Crippen LogP contribution in [0.2, 0.25) is 0 Å². The van der Waals surface area contributed by atoms with Crippen molar-refractivity contribution >= 4 is 5.91 Å². The zero-order valence-corrected chi connectivity index (χ0v) is 10.5. The lowest BCUT2D eigenvalue weighted by atomic mass is 10.0. The van der Waals surface area contributed by atoms with E-state index < -0.39 is 0 Å². The number of aliphatic hydroxyl groups excluding tert-OH is 1. The standard InChI is InChI=1S/C12H22N2O3/c1-13-5-3-2-4-10(13)6-14-11(7-15)8-17-9-12(14)16/h10-11,15H,2-9H2,1H3. The van der Waals surface area contributed by atoms with Gasteiger partial charge in [-0.2, -0.15) is 0 Å². The molecular weight excluding hydrogens is 220 g/mol. The fraction of sp³-hybridized carbons (Fsp3) is 0.917. The summed E-state index contributed by atoms with van der Waals surface area (Å²) in [7, 11) is 2.11. The zero-order chi connectivity index (χ0) is 12.3. The Kier molecular flexibility index (Phi) is 4.36. The van der Waals surface area contributed by atoms with Gasteiger partial charge < -0.3 is 19.6 Å². The lowest BCUT2D eigenvalue weighted by Crippen LogP contribution is -2.56. The van der Waals surface area contributed by atoms with Gasteiger partial charge in [-0.25, -0.2) is 0 Å². The largest absolute Gasteiger partial charge is 0.394 e. The minimum atomic E-state index is -0.161. The Morgan fingerprint density at radius 1 is 1.41 bits per heavy atom. The van der Waals surface area contributed by atoms with Crippen LogP contribution in [0.3, 0.4) is 0 Å². The second kappa shape index (κ2) is 5.80. The number of ether oxygens (including phenoxy) is 1. The zero-order valence-electron chi connectivity index (χ0n) is 10.5. The molecular formula is C12H22N2O3. The van der Waals surface area contributed by atoms with Crippen molar-refractivity contribution in [3.05, 3.63) is 0 Å². The normalized spacial score (nSPS) is 31.9. The van der Waals surface area contributed by atoms with Crippen LogP contribution in [-0.4, -0.2) is 72.9 Å². The van der Waals surface area contributed by atoms with Crippen molar-refractivity contribution in [1.29, 1.82) is 0 Å². The SMILES string of the molecule is CN1CCCCC1CN1C(=O)COCC1CO. The highest BCUT2D eigenvalue weighted by Gasteiger charge is 2.31. The molecule has 2 rings (SSSR count). The van der Waals surface area contributed by atoms with Crippen LogP contribution in [0.1, 0.15) is 19.3 Å². The van der Waals surface area contributed by atoms with E-state index in [2.05, 4.69) is 11.9 Å². The lowest BCUT2D eigenvalue weighted by Gasteiger charge is -2.40. The maximum Gasteiger partial charge on any atom is 0.249 e. The van der Waals surface area contributed by atoms with E-state index in [1.165, 1.54) is 12.8 Å². The van der Waals surface area contributed by atoms with Gasteiger partial charge in [-0.1, -0.05) is 6.42 Å². The van der Waals surface area contributed by atoms with Crippen molar-refractivity contribution in [1.82, 2.24) is 9.80 Å². The fourth-order valence-electron chi connectivity index (χ4n) is 2.66. The maximum atomic E-state index is 11.8. The van der Waals surface area contributed by atoms with Crippen LogP contribution in [-0.2, 0) is 9.53 Å². The van der Waals surface area contributed by atoms with Crippen LogP contribution >= 0.6 is 0 Å². The second-order valence-electron chi connectivity index (χ2n) is 5.03. The number of amides is 1. The van der Waals surface area contributed by atoms with E-state index in [4.69, 9.17) is 4.74 Å². The van der Waals surface area contributed by atoms with Crippen LogP contribution in [0.25, 0.3) is 0 Å². The summed E-state index contributed by atoms with van der Waals surface area (Å²) in [4.78, 5) is 15.9. The number of morpholine rings is 1. The molecule has 1 N–H and O–H groups in total. The third-order valence-electron chi connectivity index (χ3n) is 3.84. The molecule has 2 unspecified atom stereocenters. The van der Waals surface area contributed by atoms with E-state index in [1.54, 1.807) is 4.90 Å². The van der Waals surface area contributed by atoms with Gasteiger partial charge in [0.05, 0.1) is 19.3 Å². The van der Waals surface area contributed by atoms with Crippen molar-refractivity contribution in [3.63, 3.8) is 0 Å². The molecule has 0 spiro atoms. The van der Waals surface area contributed by atoms with Gasteiger partial charge in [0.2, 0.25) is 5.91 Å². The predicted octanol–water partition coefficient (Wildman–Crippen LogP) is -0.310. The minimum Gasteiger partial charge on any atom is -0.394 e. The van der Waals surface area contributed by atoms with Gasteiger partial charge >= 0.3 is 0 Å². The summed E-state index contributed by atoms with van der Waals surface area (Å²) in [5, 5.41) is 9.29. The van der Waals surface area contributed by atoms with E-state index in [0.29, 0.717) is 12.6 Å². The van der Waals surface area contributed by atoms with E-state index in [1.807, 2.05) is 0 Å². The third-order valence-corrected chi connectivity index (χ3v) is 3.84. The van der Waals surface area contributed by atoms with Gasteiger partial charge in [0.25, 0.3) is 0 Å². The third kappa shape index (κ3) is 2.97. The molecule has 0 saturated carbocycles. The molecule has 0 bridgehead atoms. The molecule has 0 radical (unpaired) electrons. The first-order chi connectivity index (χ1) is 8.22. The number of hydrogen-bond donors (Lipinski definition) is 1. The molecule has 2 heterocycles. The van der Waals surface area contributed by atoms with E-state index in [-0.39, 0.29) is 25.2 Å². The van der Waals surface area contributed by atoms with Gasteiger partial charge in [-0.15, -0.1) is 0 Å². The molecule has 0 aromatic heterocycles. The molecule has 0 aliphatic carbocycles. The first-order valence-corrected chi connectivity index (χ1v) is 6.40. The number of piperidine rings is 1. The Hall–Kier alpha value is -0.650. The summed E-state index contributed by atoms with van der Waals surface area (Å²) < 4.78 is 5.17. The molecule has 0 aromatic rings. The van der Waals surface area contributed by atoms with Crippen LogP contribution in [0.4, 0.5) is 0 Å². The van der Waals surface area contributed by atoms with E-state index in [9.17, 15) is 9.90 Å². The van der Waals surface area contributed by atoms with Crippen LogP contribution in [0.15, 0.2) is 0 Å². The molecule has 1 amide bonds. The van der Waals surface area contributed by atoms with Crippen LogP contribution in [0, 0.1) is 0 Å². The van der Waals surface area contributed by atoms with Crippen molar-refractivity contribution < 1.29 is 14.6 Å². The topological polar surface area (TPSA) is 53.0 Å². The highest BCUT2D eigenvalue weighted by Crippen LogP contribution is 2.18. The highest BCUT2D eigenvalue weighted by molar-refractivity contribution is 5.78. The van der Waals surface area contributed by atoms with Gasteiger partial charge in [-0.05, 0) is 26.4 Å². The van der Waals surface area contributed by atoms with Gasteiger partial charge in [0.1, 0.15) is 6.61 Å². The molecule has 17 heavy (non-hydrogen) atoms. The number of carbonyl (C=O) groups is 1. The summed E-state index contributed by atoms with van der Waals surface area (Å²) in [5.41, 5.74) is 0. The van der Waals surface area contributed by atoms with Crippen LogP contribution < -0.4 is 0 Å². The monoisotopic (exact) mass is 242 g/mol. The molecule has 2 fully saturated rings. The summed E-state index contributed by atoms with van der Waals surface area (Å²) >= 11 is 0.